The monoisotopic (exact) mass is 847 g/mol. The Labute approximate surface area is 360 Å². The van der Waals surface area contributed by atoms with Gasteiger partial charge in [0.25, 0.3) is 11.5 Å². The van der Waals surface area contributed by atoms with Crippen LogP contribution in [0.15, 0.2) is 65.8 Å². The van der Waals surface area contributed by atoms with E-state index in [1.54, 1.807) is 32.5 Å². The number of nitrogen functional groups attached to an aromatic ring is 1. The SMILES string of the molecule is CCn1c(-c2cnccc2COC)c2c3cc(ccc31)-c1cc(O)cc(c1)C[C@H](NC(=O)C(C(C)C)N(C)c1cnc(N)[nH]c1=O)C(=O)N1CCC[C@H](N1)C(=O)OCC(C)(C)C2. The number of likely N-dealkylation sites (N-methyl/N-ethyl adjacent to an activating group) is 1. The number of esters is 1. The van der Waals surface area contributed by atoms with Crippen molar-refractivity contribution in [3.63, 3.8) is 0 Å². The maximum atomic E-state index is 14.6. The number of nitrogens with one attached hydrogen (secondary N) is 3. The van der Waals surface area contributed by atoms with Crippen LogP contribution in [0.4, 0.5) is 11.6 Å². The van der Waals surface area contributed by atoms with Crippen molar-refractivity contribution >= 4 is 40.3 Å². The van der Waals surface area contributed by atoms with Crippen LogP contribution in [0.25, 0.3) is 33.3 Å². The van der Waals surface area contributed by atoms with Gasteiger partial charge in [0, 0.05) is 67.9 Å². The summed E-state index contributed by atoms with van der Waals surface area (Å²) < 4.78 is 14.0. The molecule has 5 heterocycles. The number of phenols is 1. The van der Waals surface area contributed by atoms with E-state index in [1.165, 1.54) is 16.1 Å². The topological polar surface area (TPSA) is 210 Å². The number of nitrogens with zero attached hydrogens (tertiary/aromatic N) is 5. The molecule has 16 heteroatoms. The largest absolute Gasteiger partial charge is 0.508 e. The van der Waals surface area contributed by atoms with Crippen LogP contribution in [0.2, 0.25) is 0 Å². The van der Waals surface area contributed by atoms with Gasteiger partial charge in [-0.3, -0.25) is 34.2 Å². The summed E-state index contributed by atoms with van der Waals surface area (Å²) in [5, 5.41) is 16.6. The number of nitrogens with two attached hydrogens (primary N) is 1. The van der Waals surface area contributed by atoms with Gasteiger partial charge in [-0.25, -0.2) is 10.4 Å². The number of hydrazine groups is 1. The van der Waals surface area contributed by atoms with Crippen LogP contribution in [0.5, 0.6) is 5.75 Å². The van der Waals surface area contributed by atoms with Crippen LogP contribution in [0.1, 0.15) is 64.2 Å². The van der Waals surface area contributed by atoms with Crippen LogP contribution in [-0.2, 0) is 49.9 Å². The van der Waals surface area contributed by atoms with E-state index in [0.717, 1.165) is 44.4 Å². The number of amides is 2. The van der Waals surface area contributed by atoms with Crippen molar-refractivity contribution in [3.05, 3.63) is 88.1 Å². The number of benzene rings is 2. The molecule has 3 aromatic heterocycles. The second kappa shape index (κ2) is 18.0. The Kier molecular flexibility index (Phi) is 12.7. The zero-order valence-electron chi connectivity index (χ0n) is 36.4. The predicted octanol–water partition coefficient (Wildman–Crippen LogP) is 4.72. The molecular formula is C46H57N9O7. The summed E-state index contributed by atoms with van der Waals surface area (Å²) >= 11 is 0. The molecule has 2 aliphatic heterocycles. The highest BCUT2D eigenvalue weighted by atomic mass is 16.5. The number of methoxy groups -OCH3 is 1. The van der Waals surface area contributed by atoms with Gasteiger partial charge in [-0.05, 0) is 90.3 Å². The number of rotatable bonds is 9. The maximum Gasteiger partial charge on any atom is 0.324 e. The summed E-state index contributed by atoms with van der Waals surface area (Å²) in [5.41, 5.74) is 15.1. The molecule has 0 saturated carbocycles. The Balaban J connectivity index is 1.35. The lowest BCUT2D eigenvalue weighted by atomic mass is 9.84. The van der Waals surface area contributed by atoms with Gasteiger partial charge in [-0.15, -0.1) is 0 Å². The first-order chi connectivity index (χ1) is 29.6. The quantitative estimate of drug-likeness (QED) is 0.128. The van der Waals surface area contributed by atoms with Crippen molar-refractivity contribution in [2.45, 2.75) is 91.6 Å². The Bertz CT molecular complexity index is 2550. The lowest BCUT2D eigenvalue weighted by molar-refractivity contribution is -0.155. The Morgan fingerprint density at radius 3 is 2.65 bits per heavy atom. The smallest absolute Gasteiger partial charge is 0.324 e. The molecule has 0 radical (unpaired) electrons. The van der Waals surface area contributed by atoms with Crippen molar-refractivity contribution in [2.75, 3.05) is 37.9 Å². The van der Waals surface area contributed by atoms with Crippen LogP contribution in [0.3, 0.4) is 0 Å². The number of H-pyrrole nitrogens is 1. The molecule has 0 aliphatic carbocycles. The van der Waals surface area contributed by atoms with E-state index in [2.05, 4.69) is 63.2 Å². The minimum Gasteiger partial charge on any atom is -0.508 e. The van der Waals surface area contributed by atoms with E-state index in [1.807, 2.05) is 38.2 Å². The molecule has 3 atom stereocenters. The van der Waals surface area contributed by atoms with Crippen LogP contribution < -0.4 is 26.9 Å². The van der Waals surface area contributed by atoms with Gasteiger partial charge in [-0.2, -0.15) is 0 Å². The molecule has 7 rings (SSSR count). The predicted molar refractivity (Wildman–Crippen MR) is 237 cm³/mol. The number of anilines is 2. The van der Waals surface area contributed by atoms with E-state index in [-0.39, 0.29) is 42.9 Å². The van der Waals surface area contributed by atoms with E-state index in [0.29, 0.717) is 38.0 Å². The molecule has 6 bridgehead atoms. The molecule has 16 nitrogen and oxygen atoms in total. The summed E-state index contributed by atoms with van der Waals surface area (Å²) in [7, 11) is 3.28. The molecule has 328 valence electrons. The van der Waals surface area contributed by atoms with Crippen LogP contribution >= 0.6 is 0 Å². The molecule has 1 saturated heterocycles. The number of aromatic nitrogens is 4. The van der Waals surface area contributed by atoms with Crippen molar-refractivity contribution in [1.82, 2.24) is 35.3 Å². The summed E-state index contributed by atoms with van der Waals surface area (Å²) in [6.45, 7) is 11.4. The number of hydrogen-bond acceptors (Lipinski definition) is 12. The van der Waals surface area contributed by atoms with Gasteiger partial charge in [0.15, 0.2) is 5.95 Å². The number of cyclic esters (lactones) is 1. The van der Waals surface area contributed by atoms with Gasteiger partial charge in [0.05, 0.1) is 25.1 Å². The van der Waals surface area contributed by atoms with Crippen molar-refractivity contribution in [2.24, 2.45) is 11.3 Å². The summed E-state index contributed by atoms with van der Waals surface area (Å²) in [5.74, 6) is -1.84. The number of ether oxygens (including phenoxy) is 2. The molecule has 2 aromatic carbocycles. The molecule has 2 amide bonds. The first kappa shape index (κ1) is 43.8. The third-order valence-electron chi connectivity index (χ3n) is 11.8. The summed E-state index contributed by atoms with van der Waals surface area (Å²) in [6.07, 6.45) is 6.45. The van der Waals surface area contributed by atoms with E-state index in [9.17, 15) is 24.3 Å². The first-order valence-corrected chi connectivity index (χ1v) is 21.1. The average molecular weight is 848 g/mol. The number of carbonyl (C=O) groups is 3. The van der Waals surface area contributed by atoms with Gasteiger partial charge in [0.2, 0.25) is 5.91 Å². The highest BCUT2D eigenvalue weighted by Crippen LogP contribution is 2.41. The average Bonchev–Trinajstić information content (AvgIpc) is 3.53. The minimum atomic E-state index is -1.15. The first-order valence-electron chi connectivity index (χ1n) is 21.1. The molecule has 1 unspecified atom stereocenters. The van der Waals surface area contributed by atoms with E-state index in [4.69, 9.17) is 15.2 Å². The lowest BCUT2D eigenvalue weighted by Crippen LogP contribution is -2.62. The molecule has 2 aliphatic rings. The fourth-order valence-electron chi connectivity index (χ4n) is 8.92. The molecular weight excluding hydrogens is 791 g/mol. The third-order valence-corrected chi connectivity index (χ3v) is 11.8. The standard InChI is InChI=1S/C46H57N9O7/c1-8-54-37-12-11-28-20-32(37)33(40(54)34-22-48-14-13-29(34)24-61-7)21-46(4,5)25-62-44(60)35-10-9-15-55(52-35)43(59)36(18-27-16-30(28)19-31(56)17-27)50-42(58)39(26(2)3)53(6)38-23-49-45(47)51-41(38)57/h11-14,16-17,19-20,22-23,26,35-36,39,52,56H,8-10,15,18,21,24-25H2,1-7H3,(H,50,58)(H3,47,49,51,57)/t35-,36-,39?/m0/s1. The van der Waals surface area contributed by atoms with Gasteiger partial charge in [0.1, 0.15) is 29.6 Å². The fourth-order valence-corrected chi connectivity index (χ4v) is 8.92. The minimum absolute atomic E-state index is 0.000861. The van der Waals surface area contributed by atoms with Crippen LogP contribution in [-0.4, -0.2) is 92.9 Å². The fraction of sp³-hybridized carbons (Fsp3) is 0.435. The number of aromatic hydroxyl groups is 1. The molecule has 62 heavy (non-hydrogen) atoms. The van der Waals surface area contributed by atoms with Crippen molar-refractivity contribution in [1.29, 1.82) is 0 Å². The molecule has 1 fully saturated rings. The zero-order chi connectivity index (χ0) is 44.5. The number of aryl methyl sites for hydroxylation is 1. The maximum absolute atomic E-state index is 14.6. The zero-order valence-corrected chi connectivity index (χ0v) is 36.4. The summed E-state index contributed by atoms with van der Waals surface area (Å²) in [4.78, 5) is 68.3. The molecule has 0 spiro atoms. The highest BCUT2D eigenvalue weighted by Gasteiger charge is 2.37. The highest BCUT2D eigenvalue weighted by molar-refractivity contribution is 5.96. The summed E-state index contributed by atoms with van der Waals surface area (Å²) in [6, 6.07) is 10.5. The van der Waals surface area contributed by atoms with Crippen LogP contribution in [0, 0.1) is 11.3 Å². The molecule has 5 aromatic rings. The Morgan fingerprint density at radius 1 is 1.13 bits per heavy atom. The number of fused-ring (bicyclic) bond motifs is 6. The third kappa shape index (κ3) is 9.02. The Hall–Kier alpha value is -6.26. The van der Waals surface area contributed by atoms with Crippen molar-refractivity contribution in [3.8, 4) is 28.1 Å². The number of hydrogen-bond donors (Lipinski definition) is 5. The Morgan fingerprint density at radius 2 is 1.92 bits per heavy atom. The van der Waals surface area contributed by atoms with Crippen molar-refractivity contribution < 1.29 is 29.0 Å². The number of aromatic amines is 1. The number of phenolic OH excluding ortho intramolecular Hbond substituents is 1. The van der Waals surface area contributed by atoms with Gasteiger partial charge in [-0.1, -0.05) is 39.8 Å². The van der Waals surface area contributed by atoms with E-state index >= 15 is 0 Å². The normalized spacial score (nSPS) is 18.6. The van der Waals surface area contributed by atoms with E-state index < -0.39 is 46.9 Å². The number of pyridine rings is 1. The second-order valence-electron chi connectivity index (χ2n) is 17.5. The van der Waals surface area contributed by atoms with Gasteiger partial charge >= 0.3 is 5.97 Å². The number of carbonyl (C=O) groups excluding carboxylic acids is 3. The second-order valence-corrected chi connectivity index (χ2v) is 17.5. The van der Waals surface area contributed by atoms with Gasteiger partial charge < -0.3 is 35.1 Å². The lowest BCUT2D eigenvalue weighted by Gasteiger charge is -2.37. The molecule has 6 N–H and O–H groups in total.